The molecule has 6 nitrogen and oxygen atoms in total. The summed E-state index contributed by atoms with van der Waals surface area (Å²) in [6, 6.07) is 0. The highest BCUT2D eigenvalue weighted by molar-refractivity contribution is 5.70. The fourth-order valence-corrected chi connectivity index (χ4v) is 5.21. The van der Waals surface area contributed by atoms with Crippen LogP contribution in [0.25, 0.3) is 0 Å². The summed E-state index contributed by atoms with van der Waals surface area (Å²) in [5.74, 6) is -0.610. The average Bonchev–Trinajstić information content (AvgIpc) is 3.72. The zero-order valence-corrected chi connectivity index (χ0v) is 26.8. The van der Waals surface area contributed by atoms with Crippen LogP contribution in [-0.2, 0) is 23.8 Å². The molecule has 1 rings (SSSR count). The Morgan fingerprint density at radius 1 is 0.683 bits per heavy atom. The Morgan fingerprint density at radius 3 is 1.83 bits per heavy atom. The second-order valence-electron chi connectivity index (χ2n) is 12.0. The Morgan fingerprint density at radius 2 is 1.22 bits per heavy atom. The molecule has 240 valence electrons. The molecule has 0 bridgehead atoms. The van der Waals surface area contributed by atoms with Crippen molar-refractivity contribution in [3.63, 3.8) is 0 Å². The minimum Gasteiger partial charge on any atom is -0.462 e. The minimum atomic E-state index is -0.773. The predicted molar refractivity (Wildman–Crippen MR) is 168 cm³/mol. The first-order valence-corrected chi connectivity index (χ1v) is 17.4. The molecule has 0 aromatic rings. The third-order valence-corrected chi connectivity index (χ3v) is 7.98. The van der Waals surface area contributed by atoms with Gasteiger partial charge in [0, 0.05) is 12.8 Å². The van der Waals surface area contributed by atoms with Crippen molar-refractivity contribution in [2.75, 3.05) is 13.2 Å². The predicted octanol–water partition coefficient (Wildman–Crippen LogP) is 9.16. The number of esters is 2. The summed E-state index contributed by atoms with van der Waals surface area (Å²) in [6.45, 7) is 4.07. The van der Waals surface area contributed by atoms with E-state index in [4.69, 9.17) is 14.2 Å². The van der Waals surface area contributed by atoms with E-state index < -0.39 is 6.10 Å². The molecule has 0 aliphatic carbocycles. The smallest absolute Gasteiger partial charge is 0.306 e. The van der Waals surface area contributed by atoms with Gasteiger partial charge in [0.25, 0.3) is 0 Å². The average molecular weight is 581 g/mol. The van der Waals surface area contributed by atoms with Crippen molar-refractivity contribution in [2.24, 2.45) is 0 Å². The molecule has 0 spiro atoms. The number of epoxide rings is 1. The second-order valence-corrected chi connectivity index (χ2v) is 12.0. The number of allylic oxidation sites excluding steroid dienone is 1. The Bertz CT molecular complexity index is 649. The highest BCUT2D eigenvalue weighted by Gasteiger charge is 2.36. The molecule has 2 unspecified atom stereocenters. The Balaban J connectivity index is 1.90. The van der Waals surface area contributed by atoms with E-state index in [1.807, 2.05) is 0 Å². The molecule has 1 aliphatic heterocycles. The number of carbonyl (C=O) groups excluding carboxylic acids is 2. The molecule has 6 heteroatoms. The first kappa shape index (κ1) is 37.6. The highest BCUT2D eigenvalue weighted by Crippen LogP contribution is 2.30. The summed E-state index contributed by atoms with van der Waals surface area (Å²) < 4.78 is 16.3. The van der Waals surface area contributed by atoms with Gasteiger partial charge in [-0.1, -0.05) is 129 Å². The van der Waals surface area contributed by atoms with Gasteiger partial charge in [0.1, 0.15) is 6.61 Å². The molecule has 1 saturated heterocycles. The number of rotatable bonds is 30. The first-order valence-electron chi connectivity index (χ1n) is 17.4. The SMILES string of the molecule is CCCCCCCCCCCCCC(=O)O[C@@H](CO)COC(=O)CCCCCCC/C=C\CC1OC1CCCCC. The van der Waals surface area contributed by atoms with Crippen LogP contribution in [0, 0.1) is 0 Å². The van der Waals surface area contributed by atoms with Gasteiger partial charge in [0.05, 0.1) is 18.8 Å². The first-order chi connectivity index (χ1) is 20.1. The van der Waals surface area contributed by atoms with E-state index >= 15 is 0 Å². The monoisotopic (exact) mass is 580 g/mol. The second kappa shape index (κ2) is 27.4. The van der Waals surface area contributed by atoms with Crippen molar-refractivity contribution < 1.29 is 28.9 Å². The summed E-state index contributed by atoms with van der Waals surface area (Å²) in [7, 11) is 0. The van der Waals surface area contributed by atoms with E-state index in [2.05, 4.69) is 26.0 Å². The summed E-state index contributed by atoms with van der Waals surface area (Å²) in [4.78, 5) is 24.1. The van der Waals surface area contributed by atoms with E-state index in [0.717, 1.165) is 51.4 Å². The highest BCUT2D eigenvalue weighted by atomic mass is 16.6. The van der Waals surface area contributed by atoms with E-state index in [-0.39, 0.29) is 25.2 Å². The van der Waals surface area contributed by atoms with Crippen LogP contribution in [0.2, 0.25) is 0 Å². The van der Waals surface area contributed by atoms with E-state index in [9.17, 15) is 14.7 Å². The Hall–Kier alpha value is -1.40. The van der Waals surface area contributed by atoms with Crippen molar-refractivity contribution in [3.05, 3.63) is 12.2 Å². The Labute approximate surface area is 252 Å². The summed E-state index contributed by atoms with van der Waals surface area (Å²) in [5.41, 5.74) is 0. The van der Waals surface area contributed by atoms with Crippen LogP contribution in [0.3, 0.4) is 0 Å². The molecule has 1 aliphatic rings. The van der Waals surface area contributed by atoms with Crippen molar-refractivity contribution in [1.29, 1.82) is 0 Å². The maximum absolute atomic E-state index is 12.1. The van der Waals surface area contributed by atoms with Crippen LogP contribution in [0.15, 0.2) is 12.2 Å². The normalized spacial score (nSPS) is 17.1. The van der Waals surface area contributed by atoms with Crippen LogP contribution < -0.4 is 0 Å². The number of unbranched alkanes of at least 4 members (excludes halogenated alkanes) is 17. The zero-order chi connectivity index (χ0) is 29.8. The number of hydrogen-bond acceptors (Lipinski definition) is 6. The lowest BCUT2D eigenvalue weighted by Crippen LogP contribution is -2.28. The van der Waals surface area contributed by atoms with Crippen molar-refractivity contribution >= 4 is 11.9 Å². The number of aliphatic hydroxyl groups excluding tert-OH is 1. The standard InChI is InChI=1S/C35H64O6/c1-3-5-7-8-9-10-11-12-17-20-24-28-35(38)40-31(29-36)30-39-34(37)27-23-19-16-14-13-15-18-22-26-33-32(41-33)25-21-6-4-2/h18,22,31-33,36H,3-17,19-21,23-30H2,1-2H3/b22-18-/t31-,32?,33?/m0/s1. The molecule has 0 aromatic carbocycles. The van der Waals surface area contributed by atoms with Gasteiger partial charge < -0.3 is 19.3 Å². The van der Waals surface area contributed by atoms with Crippen LogP contribution in [-0.4, -0.2) is 48.6 Å². The summed E-state index contributed by atoms with van der Waals surface area (Å²) in [6.07, 6.45) is 31.5. The lowest BCUT2D eigenvalue weighted by molar-refractivity contribution is -0.161. The van der Waals surface area contributed by atoms with Gasteiger partial charge in [0.2, 0.25) is 0 Å². The van der Waals surface area contributed by atoms with Gasteiger partial charge in [-0.2, -0.15) is 0 Å². The molecule has 41 heavy (non-hydrogen) atoms. The maximum atomic E-state index is 12.1. The number of carbonyl (C=O) groups is 2. The summed E-state index contributed by atoms with van der Waals surface area (Å²) >= 11 is 0. The fraction of sp³-hybridized carbons (Fsp3) is 0.886. The molecule has 0 saturated carbocycles. The lowest BCUT2D eigenvalue weighted by Gasteiger charge is -2.15. The van der Waals surface area contributed by atoms with Gasteiger partial charge in [0.15, 0.2) is 6.10 Å². The van der Waals surface area contributed by atoms with Crippen molar-refractivity contribution in [2.45, 2.75) is 186 Å². The van der Waals surface area contributed by atoms with Crippen LogP contribution >= 0.6 is 0 Å². The van der Waals surface area contributed by atoms with Gasteiger partial charge in [-0.05, 0) is 38.5 Å². The molecule has 1 heterocycles. The lowest BCUT2D eigenvalue weighted by atomic mass is 10.1. The van der Waals surface area contributed by atoms with Crippen LogP contribution in [0.5, 0.6) is 0 Å². The van der Waals surface area contributed by atoms with Gasteiger partial charge in [-0.25, -0.2) is 0 Å². The number of ether oxygens (including phenoxy) is 3. The van der Waals surface area contributed by atoms with E-state index in [1.54, 1.807) is 0 Å². The van der Waals surface area contributed by atoms with Crippen molar-refractivity contribution in [3.8, 4) is 0 Å². The minimum absolute atomic E-state index is 0.0724. The third kappa shape index (κ3) is 23.8. The molecule has 3 atom stereocenters. The molecule has 0 aromatic heterocycles. The molecule has 1 fully saturated rings. The molecular weight excluding hydrogens is 516 g/mol. The Kier molecular flexibility index (Phi) is 25.2. The number of aliphatic hydroxyl groups is 1. The van der Waals surface area contributed by atoms with Crippen LogP contribution in [0.1, 0.15) is 168 Å². The van der Waals surface area contributed by atoms with Gasteiger partial charge in [-0.3, -0.25) is 9.59 Å². The van der Waals surface area contributed by atoms with Gasteiger partial charge >= 0.3 is 11.9 Å². The largest absolute Gasteiger partial charge is 0.462 e. The maximum Gasteiger partial charge on any atom is 0.306 e. The molecule has 1 N–H and O–H groups in total. The fourth-order valence-electron chi connectivity index (χ4n) is 5.21. The molecular formula is C35H64O6. The third-order valence-electron chi connectivity index (χ3n) is 7.98. The van der Waals surface area contributed by atoms with Crippen molar-refractivity contribution in [1.82, 2.24) is 0 Å². The summed E-state index contributed by atoms with van der Waals surface area (Å²) in [5, 5.41) is 9.50. The van der Waals surface area contributed by atoms with Gasteiger partial charge in [-0.15, -0.1) is 0 Å². The molecule has 0 amide bonds. The topological polar surface area (TPSA) is 85.4 Å². The van der Waals surface area contributed by atoms with E-state index in [0.29, 0.717) is 25.0 Å². The molecule has 0 radical (unpaired) electrons. The van der Waals surface area contributed by atoms with E-state index in [1.165, 1.54) is 89.9 Å². The zero-order valence-electron chi connectivity index (χ0n) is 26.8. The quantitative estimate of drug-likeness (QED) is 0.0394. The van der Waals surface area contributed by atoms with Crippen LogP contribution in [0.4, 0.5) is 0 Å². The number of hydrogen-bond donors (Lipinski definition) is 1.